The van der Waals surface area contributed by atoms with E-state index >= 15 is 0 Å². The summed E-state index contributed by atoms with van der Waals surface area (Å²) in [4.78, 5) is 11.5. The highest BCUT2D eigenvalue weighted by Crippen LogP contribution is 2.28. The number of ketones is 1. The molecule has 0 unspecified atom stereocenters. The number of nitrogens with two attached hydrogens (primary N) is 1. The molecule has 23 heavy (non-hydrogen) atoms. The Balaban J connectivity index is 2.08. The van der Waals surface area contributed by atoms with Gasteiger partial charge in [0.15, 0.2) is 11.6 Å². The van der Waals surface area contributed by atoms with Crippen LogP contribution in [0, 0.1) is 0 Å². The Labute approximate surface area is 132 Å². The zero-order valence-corrected chi connectivity index (χ0v) is 12.7. The van der Waals surface area contributed by atoms with E-state index in [9.17, 15) is 4.79 Å². The number of benzene rings is 2. The minimum atomic E-state index is -0.0184. The lowest BCUT2D eigenvalue weighted by molar-refractivity contribution is 0.101. The lowest BCUT2D eigenvalue weighted by Gasteiger charge is -2.08. The second-order valence-electron chi connectivity index (χ2n) is 4.98. The van der Waals surface area contributed by atoms with Crippen LogP contribution >= 0.6 is 0 Å². The summed E-state index contributed by atoms with van der Waals surface area (Å²) >= 11 is 0. The molecule has 0 fully saturated rings. The maximum atomic E-state index is 11.5. The van der Waals surface area contributed by atoms with E-state index in [1.807, 2.05) is 12.1 Å². The number of aromatic nitrogens is 4. The van der Waals surface area contributed by atoms with Crippen molar-refractivity contribution in [3.63, 3.8) is 0 Å². The Kier molecular flexibility index (Phi) is 3.76. The molecule has 0 aliphatic heterocycles. The molecule has 0 spiro atoms. The summed E-state index contributed by atoms with van der Waals surface area (Å²) < 4.78 is 6.72. The van der Waals surface area contributed by atoms with Gasteiger partial charge in [-0.25, -0.2) is 0 Å². The first-order valence-electron chi connectivity index (χ1n) is 6.94. The van der Waals surface area contributed by atoms with E-state index < -0.39 is 0 Å². The topological polar surface area (TPSA) is 95.9 Å². The van der Waals surface area contributed by atoms with Crippen LogP contribution in [0.1, 0.15) is 17.3 Å². The standard InChI is InChI=1S/C16H15N5O2/c1-10(22)11-4-3-5-13(8-11)21-16(18-19-20-21)12-6-7-15(23-2)14(17)9-12/h3-9H,17H2,1-2H3. The quantitative estimate of drug-likeness (QED) is 0.586. The molecule has 0 saturated heterocycles. The summed E-state index contributed by atoms with van der Waals surface area (Å²) in [5.74, 6) is 1.10. The molecular formula is C16H15N5O2. The Hall–Kier alpha value is -3.22. The first kappa shape index (κ1) is 14.7. The minimum Gasteiger partial charge on any atom is -0.495 e. The van der Waals surface area contributed by atoms with Gasteiger partial charge in [0.2, 0.25) is 0 Å². The Morgan fingerprint density at radius 1 is 1.22 bits per heavy atom. The molecule has 0 atom stereocenters. The van der Waals surface area contributed by atoms with Crippen LogP contribution in [-0.4, -0.2) is 33.1 Å². The largest absolute Gasteiger partial charge is 0.495 e. The van der Waals surface area contributed by atoms with Gasteiger partial charge in [0, 0.05) is 11.1 Å². The summed E-state index contributed by atoms with van der Waals surface area (Å²) in [6.07, 6.45) is 0. The van der Waals surface area contributed by atoms with Crippen molar-refractivity contribution in [2.45, 2.75) is 6.92 Å². The summed E-state index contributed by atoms with van der Waals surface area (Å²) in [5, 5.41) is 11.8. The first-order valence-corrected chi connectivity index (χ1v) is 6.94. The molecule has 0 bridgehead atoms. The molecule has 0 aliphatic carbocycles. The third-order valence-electron chi connectivity index (χ3n) is 3.45. The number of carbonyl (C=O) groups excluding carboxylic acids is 1. The van der Waals surface area contributed by atoms with E-state index in [-0.39, 0.29) is 5.78 Å². The SMILES string of the molecule is COc1ccc(-c2nnnn2-c2cccc(C(C)=O)c2)cc1N. The summed E-state index contributed by atoms with van der Waals surface area (Å²) in [6, 6.07) is 12.5. The van der Waals surface area contributed by atoms with Gasteiger partial charge in [-0.1, -0.05) is 12.1 Å². The summed E-state index contributed by atoms with van der Waals surface area (Å²) in [6.45, 7) is 1.52. The molecule has 0 radical (unpaired) electrons. The molecule has 1 heterocycles. The lowest BCUT2D eigenvalue weighted by atomic mass is 10.1. The molecular weight excluding hydrogens is 294 g/mol. The number of rotatable bonds is 4. The maximum absolute atomic E-state index is 11.5. The maximum Gasteiger partial charge on any atom is 0.187 e. The van der Waals surface area contributed by atoms with E-state index in [4.69, 9.17) is 10.5 Å². The Morgan fingerprint density at radius 3 is 2.74 bits per heavy atom. The van der Waals surface area contributed by atoms with E-state index in [1.54, 1.807) is 42.1 Å². The van der Waals surface area contributed by atoms with Crippen molar-refractivity contribution in [2.24, 2.45) is 0 Å². The molecule has 2 N–H and O–H groups in total. The molecule has 7 nitrogen and oxygen atoms in total. The van der Waals surface area contributed by atoms with Gasteiger partial charge in [-0.15, -0.1) is 5.10 Å². The highest BCUT2D eigenvalue weighted by molar-refractivity contribution is 5.94. The van der Waals surface area contributed by atoms with E-state index in [2.05, 4.69) is 15.5 Å². The average Bonchev–Trinajstić information content (AvgIpc) is 3.04. The van der Waals surface area contributed by atoms with Gasteiger partial charge in [-0.05, 0) is 47.7 Å². The summed E-state index contributed by atoms with van der Waals surface area (Å²) in [7, 11) is 1.56. The van der Waals surface area contributed by atoms with Gasteiger partial charge in [0.05, 0.1) is 18.5 Å². The molecule has 3 rings (SSSR count). The average molecular weight is 309 g/mol. The van der Waals surface area contributed by atoms with Crippen LogP contribution in [0.3, 0.4) is 0 Å². The second kappa shape index (κ2) is 5.88. The second-order valence-corrected chi connectivity index (χ2v) is 4.98. The van der Waals surface area contributed by atoms with Gasteiger partial charge in [-0.3, -0.25) is 4.79 Å². The number of carbonyl (C=O) groups is 1. The van der Waals surface area contributed by atoms with Crippen LogP contribution < -0.4 is 10.5 Å². The number of ether oxygens (including phenoxy) is 1. The van der Waals surface area contributed by atoms with Gasteiger partial charge in [0.25, 0.3) is 0 Å². The molecule has 0 amide bonds. The van der Waals surface area contributed by atoms with Crippen LogP contribution in [0.4, 0.5) is 5.69 Å². The number of nitrogen functional groups attached to an aromatic ring is 1. The number of nitrogens with zero attached hydrogens (tertiary/aromatic N) is 4. The highest BCUT2D eigenvalue weighted by Gasteiger charge is 2.13. The third kappa shape index (κ3) is 2.76. The minimum absolute atomic E-state index is 0.0184. The molecule has 1 aromatic heterocycles. The monoisotopic (exact) mass is 309 g/mol. The number of tetrazole rings is 1. The van der Waals surface area contributed by atoms with Crippen LogP contribution in [0.15, 0.2) is 42.5 Å². The van der Waals surface area contributed by atoms with Gasteiger partial charge in [0.1, 0.15) is 5.75 Å². The van der Waals surface area contributed by atoms with E-state index in [0.29, 0.717) is 28.5 Å². The van der Waals surface area contributed by atoms with Crippen molar-refractivity contribution in [3.05, 3.63) is 48.0 Å². The van der Waals surface area contributed by atoms with Gasteiger partial charge >= 0.3 is 0 Å². The van der Waals surface area contributed by atoms with Crippen LogP contribution in [0.5, 0.6) is 5.75 Å². The predicted molar refractivity (Wildman–Crippen MR) is 85.6 cm³/mol. The van der Waals surface area contributed by atoms with Crippen LogP contribution in [-0.2, 0) is 0 Å². The van der Waals surface area contributed by atoms with E-state index in [0.717, 1.165) is 5.56 Å². The van der Waals surface area contributed by atoms with Crippen molar-refractivity contribution >= 4 is 11.5 Å². The van der Waals surface area contributed by atoms with Crippen molar-refractivity contribution < 1.29 is 9.53 Å². The number of hydrogen-bond donors (Lipinski definition) is 1. The molecule has 7 heteroatoms. The summed E-state index contributed by atoms with van der Waals surface area (Å²) in [5.41, 5.74) is 8.49. The molecule has 116 valence electrons. The number of methoxy groups -OCH3 is 1. The number of hydrogen-bond acceptors (Lipinski definition) is 6. The van der Waals surface area contributed by atoms with Crippen LogP contribution in [0.2, 0.25) is 0 Å². The third-order valence-corrected chi connectivity index (χ3v) is 3.45. The smallest absolute Gasteiger partial charge is 0.187 e. The fraction of sp³-hybridized carbons (Fsp3) is 0.125. The van der Waals surface area contributed by atoms with E-state index in [1.165, 1.54) is 6.92 Å². The Bertz CT molecular complexity index is 872. The van der Waals surface area contributed by atoms with Gasteiger partial charge < -0.3 is 10.5 Å². The Morgan fingerprint density at radius 2 is 2.04 bits per heavy atom. The zero-order valence-electron chi connectivity index (χ0n) is 12.7. The van der Waals surface area contributed by atoms with Crippen molar-refractivity contribution in [2.75, 3.05) is 12.8 Å². The zero-order chi connectivity index (χ0) is 16.4. The number of anilines is 1. The molecule has 0 aliphatic rings. The molecule has 3 aromatic rings. The van der Waals surface area contributed by atoms with Gasteiger partial charge in [-0.2, -0.15) is 4.68 Å². The van der Waals surface area contributed by atoms with Crippen molar-refractivity contribution in [3.8, 4) is 22.8 Å². The van der Waals surface area contributed by atoms with Crippen molar-refractivity contribution in [1.29, 1.82) is 0 Å². The van der Waals surface area contributed by atoms with Crippen molar-refractivity contribution in [1.82, 2.24) is 20.2 Å². The first-order chi connectivity index (χ1) is 11.1. The fourth-order valence-electron chi connectivity index (χ4n) is 2.27. The highest BCUT2D eigenvalue weighted by atomic mass is 16.5. The van der Waals surface area contributed by atoms with Crippen LogP contribution in [0.25, 0.3) is 17.1 Å². The lowest BCUT2D eigenvalue weighted by Crippen LogP contribution is -2.02. The number of Topliss-reactive ketones (excluding diaryl/α,β-unsaturated/α-hetero) is 1. The normalized spacial score (nSPS) is 10.5. The predicted octanol–water partition coefficient (Wildman–Crippen LogP) is 2.12. The molecule has 2 aromatic carbocycles. The fourth-order valence-corrected chi connectivity index (χ4v) is 2.27. The molecule has 0 saturated carbocycles.